The number of anilines is 1. The molecule has 2 fully saturated rings. The van der Waals surface area contributed by atoms with Gasteiger partial charge in [-0.1, -0.05) is 30.3 Å². The number of rotatable bonds is 5. The lowest BCUT2D eigenvalue weighted by atomic mass is 9.85. The highest BCUT2D eigenvalue weighted by atomic mass is 16.2. The summed E-state index contributed by atoms with van der Waals surface area (Å²) in [6.07, 6.45) is 4.02. The smallest absolute Gasteiger partial charge is 0.257 e. The Morgan fingerprint density at radius 1 is 1.17 bits per heavy atom. The maximum absolute atomic E-state index is 13.2. The molecule has 1 atom stereocenters. The molecule has 1 aromatic heterocycles. The zero-order valence-corrected chi connectivity index (χ0v) is 18.0. The van der Waals surface area contributed by atoms with Gasteiger partial charge in [0.25, 0.3) is 5.91 Å². The van der Waals surface area contributed by atoms with E-state index in [1.165, 1.54) is 5.56 Å². The Labute approximate surface area is 177 Å². The van der Waals surface area contributed by atoms with Gasteiger partial charge >= 0.3 is 0 Å². The minimum Gasteiger partial charge on any atom is -0.347 e. The molecule has 0 aliphatic carbocycles. The molecule has 0 radical (unpaired) electrons. The highest BCUT2D eigenvalue weighted by molar-refractivity contribution is 5.96. The van der Waals surface area contributed by atoms with Crippen molar-refractivity contribution >= 4 is 17.8 Å². The van der Waals surface area contributed by atoms with E-state index in [1.54, 1.807) is 11.1 Å². The molecular weight excluding hydrogens is 378 g/mol. The van der Waals surface area contributed by atoms with Crippen molar-refractivity contribution in [1.82, 2.24) is 19.8 Å². The van der Waals surface area contributed by atoms with Crippen LogP contribution < -0.4 is 4.90 Å². The predicted molar refractivity (Wildman–Crippen MR) is 115 cm³/mol. The van der Waals surface area contributed by atoms with Crippen molar-refractivity contribution in [3.8, 4) is 0 Å². The van der Waals surface area contributed by atoms with Crippen LogP contribution in [0.5, 0.6) is 0 Å². The quantitative estimate of drug-likeness (QED) is 0.760. The lowest BCUT2D eigenvalue weighted by molar-refractivity contribution is -0.135. The third-order valence-electron chi connectivity index (χ3n) is 6.35. The predicted octanol–water partition coefficient (Wildman–Crippen LogP) is 2.16. The van der Waals surface area contributed by atoms with E-state index in [4.69, 9.17) is 0 Å². The summed E-state index contributed by atoms with van der Waals surface area (Å²) >= 11 is 0. The molecular formula is C23H29N5O2. The van der Waals surface area contributed by atoms with Gasteiger partial charge in [-0.3, -0.25) is 9.59 Å². The molecule has 1 spiro atoms. The van der Waals surface area contributed by atoms with Crippen LogP contribution in [0.1, 0.15) is 34.5 Å². The normalized spacial score (nSPS) is 21.0. The maximum Gasteiger partial charge on any atom is 0.257 e. The highest BCUT2D eigenvalue weighted by Crippen LogP contribution is 2.41. The SMILES string of the molecule is Cc1nc(N(C)C)ncc1C(=O)N1CCC2(CCN(CCc3ccccc3)C2=O)C1. The van der Waals surface area contributed by atoms with Gasteiger partial charge in [-0.2, -0.15) is 0 Å². The first kappa shape index (κ1) is 20.3. The van der Waals surface area contributed by atoms with E-state index < -0.39 is 5.41 Å². The molecule has 1 aromatic carbocycles. The first-order valence-electron chi connectivity index (χ1n) is 10.5. The molecule has 7 heteroatoms. The van der Waals surface area contributed by atoms with Crippen molar-refractivity contribution in [3.05, 3.63) is 53.3 Å². The van der Waals surface area contributed by atoms with Crippen molar-refractivity contribution < 1.29 is 9.59 Å². The van der Waals surface area contributed by atoms with Crippen molar-refractivity contribution in [2.24, 2.45) is 5.41 Å². The van der Waals surface area contributed by atoms with E-state index >= 15 is 0 Å². The first-order chi connectivity index (χ1) is 14.4. The number of likely N-dealkylation sites (tertiary alicyclic amines) is 2. The topological polar surface area (TPSA) is 69.6 Å². The van der Waals surface area contributed by atoms with Gasteiger partial charge < -0.3 is 14.7 Å². The molecule has 0 N–H and O–H groups in total. The van der Waals surface area contributed by atoms with E-state index in [0.29, 0.717) is 30.3 Å². The fourth-order valence-corrected chi connectivity index (χ4v) is 4.49. The number of benzene rings is 1. The van der Waals surface area contributed by atoms with E-state index in [-0.39, 0.29) is 11.8 Å². The molecule has 2 aliphatic heterocycles. The van der Waals surface area contributed by atoms with Crippen molar-refractivity contribution in [1.29, 1.82) is 0 Å². The molecule has 2 aromatic rings. The van der Waals surface area contributed by atoms with Crippen LogP contribution in [-0.2, 0) is 11.2 Å². The number of aryl methyl sites for hydroxylation is 1. The number of carbonyl (C=O) groups is 2. The van der Waals surface area contributed by atoms with Crippen LogP contribution >= 0.6 is 0 Å². The monoisotopic (exact) mass is 407 g/mol. The molecule has 0 bridgehead atoms. The minimum atomic E-state index is -0.426. The largest absolute Gasteiger partial charge is 0.347 e. The van der Waals surface area contributed by atoms with Gasteiger partial charge in [0.05, 0.1) is 16.7 Å². The van der Waals surface area contributed by atoms with Crippen molar-refractivity contribution in [2.45, 2.75) is 26.2 Å². The standard InChI is InChI=1S/C23H29N5O2/c1-17-19(15-24-22(25-17)26(2)3)20(29)28-14-11-23(16-28)10-13-27(21(23)30)12-9-18-7-5-4-6-8-18/h4-8,15H,9-14,16H2,1-3H3. The van der Waals surface area contributed by atoms with E-state index in [1.807, 2.05) is 49.0 Å². The number of nitrogens with zero attached hydrogens (tertiary/aromatic N) is 5. The Hall–Kier alpha value is -2.96. The second-order valence-corrected chi connectivity index (χ2v) is 8.60. The number of amides is 2. The lowest BCUT2D eigenvalue weighted by Crippen LogP contribution is -2.39. The summed E-state index contributed by atoms with van der Waals surface area (Å²) in [6.45, 7) is 4.43. The van der Waals surface area contributed by atoms with Crippen LogP contribution in [0.2, 0.25) is 0 Å². The summed E-state index contributed by atoms with van der Waals surface area (Å²) in [5, 5.41) is 0. The second-order valence-electron chi connectivity index (χ2n) is 8.60. The maximum atomic E-state index is 13.2. The van der Waals surface area contributed by atoms with Crippen LogP contribution in [0.15, 0.2) is 36.5 Å². The third-order valence-corrected chi connectivity index (χ3v) is 6.35. The van der Waals surface area contributed by atoms with Gasteiger partial charge in [0.2, 0.25) is 11.9 Å². The number of hydrogen-bond acceptors (Lipinski definition) is 5. The van der Waals surface area contributed by atoms with Gasteiger partial charge in [0, 0.05) is 46.5 Å². The van der Waals surface area contributed by atoms with E-state index in [0.717, 1.165) is 32.4 Å². The summed E-state index contributed by atoms with van der Waals surface area (Å²) in [4.78, 5) is 40.6. The average molecular weight is 408 g/mol. The number of carbonyl (C=O) groups excluding carboxylic acids is 2. The first-order valence-corrected chi connectivity index (χ1v) is 10.5. The molecule has 3 heterocycles. The van der Waals surface area contributed by atoms with Gasteiger partial charge in [-0.15, -0.1) is 0 Å². The summed E-state index contributed by atoms with van der Waals surface area (Å²) in [5.41, 5.74) is 2.00. The van der Waals surface area contributed by atoms with Crippen LogP contribution in [0, 0.1) is 12.3 Å². The lowest BCUT2D eigenvalue weighted by Gasteiger charge is -2.24. The van der Waals surface area contributed by atoms with Gasteiger partial charge in [-0.05, 0) is 31.7 Å². The van der Waals surface area contributed by atoms with E-state index in [9.17, 15) is 9.59 Å². The minimum absolute atomic E-state index is 0.0785. The van der Waals surface area contributed by atoms with Crippen LogP contribution in [0.25, 0.3) is 0 Å². The second kappa shape index (κ2) is 8.05. The van der Waals surface area contributed by atoms with Gasteiger partial charge in [0.1, 0.15) is 0 Å². The molecule has 7 nitrogen and oxygen atoms in total. The average Bonchev–Trinajstić information content (AvgIpc) is 3.31. The molecule has 2 amide bonds. The summed E-state index contributed by atoms with van der Waals surface area (Å²) < 4.78 is 0. The number of aromatic nitrogens is 2. The fraction of sp³-hybridized carbons (Fsp3) is 0.478. The van der Waals surface area contributed by atoms with Crippen molar-refractivity contribution in [2.75, 3.05) is 45.2 Å². The van der Waals surface area contributed by atoms with Crippen LogP contribution in [0.3, 0.4) is 0 Å². The molecule has 0 saturated carbocycles. The van der Waals surface area contributed by atoms with Gasteiger partial charge in [-0.25, -0.2) is 9.97 Å². The molecule has 30 heavy (non-hydrogen) atoms. The summed E-state index contributed by atoms with van der Waals surface area (Å²) in [6, 6.07) is 10.3. The van der Waals surface area contributed by atoms with Crippen LogP contribution in [-0.4, -0.2) is 71.9 Å². The Kier molecular flexibility index (Phi) is 5.45. The van der Waals surface area contributed by atoms with Crippen molar-refractivity contribution in [3.63, 3.8) is 0 Å². The Balaban J connectivity index is 1.41. The Bertz CT molecular complexity index is 946. The number of hydrogen-bond donors (Lipinski definition) is 0. The Morgan fingerprint density at radius 3 is 2.60 bits per heavy atom. The highest BCUT2D eigenvalue weighted by Gasteiger charge is 2.51. The zero-order valence-electron chi connectivity index (χ0n) is 18.0. The Morgan fingerprint density at radius 2 is 1.90 bits per heavy atom. The zero-order chi connectivity index (χ0) is 21.3. The van der Waals surface area contributed by atoms with Gasteiger partial charge in [0.15, 0.2) is 0 Å². The third kappa shape index (κ3) is 3.76. The molecule has 4 rings (SSSR count). The van der Waals surface area contributed by atoms with Crippen LogP contribution in [0.4, 0.5) is 5.95 Å². The molecule has 2 saturated heterocycles. The van der Waals surface area contributed by atoms with E-state index in [2.05, 4.69) is 22.1 Å². The fourth-order valence-electron chi connectivity index (χ4n) is 4.49. The molecule has 1 unspecified atom stereocenters. The summed E-state index contributed by atoms with van der Waals surface area (Å²) in [7, 11) is 3.74. The molecule has 158 valence electrons. The summed E-state index contributed by atoms with van der Waals surface area (Å²) in [5.74, 6) is 0.705. The molecule has 2 aliphatic rings.